The molecule has 0 saturated carbocycles. The lowest BCUT2D eigenvalue weighted by molar-refractivity contribution is -0.894. The van der Waals surface area contributed by atoms with Crippen LogP contribution in [0.3, 0.4) is 0 Å². The molecule has 2 aromatic rings. The topological polar surface area (TPSA) is 13.7 Å². The van der Waals surface area contributed by atoms with E-state index < -0.39 is 0 Å². The summed E-state index contributed by atoms with van der Waals surface area (Å²) in [4.78, 5) is 1.56. The van der Waals surface area contributed by atoms with E-state index in [4.69, 9.17) is 4.74 Å². The van der Waals surface area contributed by atoms with Gasteiger partial charge in [-0.15, -0.1) is 0 Å². The quantitative estimate of drug-likeness (QED) is 0.786. The Hall–Kier alpha value is -1.80. The predicted octanol–water partition coefficient (Wildman–Crippen LogP) is 3.08. The normalized spacial score (nSPS) is 12.1. The highest BCUT2D eigenvalue weighted by atomic mass is 16.5. The first kappa shape index (κ1) is 15.6. The van der Waals surface area contributed by atoms with Crippen molar-refractivity contribution in [1.29, 1.82) is 0 Å². The molecule has 21 heavy (non-hydrogen) atoms. The van der Waals surface area contributed by atoms with Gasteiger partial charge in [-0.25, -0.2) is 0 Å². The molecule has 0 amide bonds. The first-order valence-corrected chi connectivity index (χ1v) is 7.85. The summed E-state index contributed by atoms with van der Waals surface area (Å²) in [5, 5.41) is 0. The van der Waals surface area contributed by atoms with Crippen LogP contribution in [0.25, 0.3) is 0 Å². The van der Waals surface area contributed by atoms with Gasteiger partial charge in [-0.2, -0.15) is 0 Å². The Morgan fingerprint density at radius 2 is 1.62 bits per heavy atom. The van der Waals surface area contributed by atoms with E-state index in [2.05, 4.69) is 50.4 Å². The van der Waals surface area contributed by atoms with Gasteiger partial charge in [0, 0.05) is 5.56 Å². The summed E-state index contributed by atoms with van der Waals surface area (Å²) in [5.41, 5.74) is 2.57. The highest BCUT2D eigenvalue weighted by Gasteiger charge is 2.03. The van der Waals surface area contributed by atoms with E-state index in [9.17, 15) is 0 Å². The molecule has 0 bridgehead atoms. The molecular weight excluding hydrogens is 258 g/mol. The van der Waals surface area contributed by atoms with Crippen molar-refractivity contribution in [3.63, 3.8) is 0 Å². The summed E-state index contributed by atoms with van der Waals surface area (Å²) >= 11 is 0. The van der Waals surface area contributed by atoms with Gasteiger partial charge in [0.05, 0.1) is 13.6 Å². The van der Waals surface area contributed by atoms with Crippen molar-refractivity contribution in [2.45, 2.75) is 32.9 Å². The Balaban J connectivity index is 1.81. The number of benzene rings is 2. The maximum atomic E-state index is 5.81. The Kier molecular flexibility index (Phi) is 6.29. The molecule has 0 aliphatic heterocycles. The smallest absolute Gasteiger partial charge is 0.119 e. The zero-order valence-corrected chi connectivity index (χ0v) is 13.1. The fourth-order valence-electron chi connectivity index (χ4n) is 2.36. The number of hydrogen-bond donors (Lipinski definition) is 1. The second-order valence-corrected chi connectivity index (χ2v) is 5.66. The van der Waals surface area contributed by atoms with E-state index in [0.717, 1.165) is 12.3 Å². The summed E-state index contributed by atoms with van der Waals surface area (Å²) in [6.07, 6.45) is 2.56. The standard InChI is InChI=1S/C19H25NO/c1-3-4-14-20(2)15-17-10-12-19(13-11-17)21-16-18-8-6-5-7-9-18/h5-13H,3-4,14-16H2,1-2H3/p+1. The highest BCUT2D eigenvalue weighted by Crippen LogP contribution is 2.13. The summed E-state index contributed by atoms with van der Waals surface area (Å²) in [7, 11) is 2.26. The molecule has 1 N–H and O–H groups in total. The average molecular weight is 284 g/mol. The molecule has 0 aliphatic rings. The molecule has 2 nitrogen and oxygen atoms in total. The number of unbranched alkanes of at least 4 members (excludes halogenated alkanes) is 1. The maximum Gasteiger partial charge on any atom is 0.119 e. The van der Waals surface area contributed by atoms with Crippen molar-refractivity contribution in [2.24, 2.45) is 0 Å². The van der Waals surface area contributed by atoms with Gasteiger partial charge in [-0.05, 0) is 36.2 Å². The minimum Gasteiger partial charge on any atom is -0.489 e. The van der Waals surface area contributed by atoms with E-state index in [-0.39, 0.29) is 0 Å². The van der Waals surface area contributed by atoms with Crippen LogP contribution in [0, 0.1) is 0 Å². The van der Waals surface area contributed by atoms with Crippen LogP contribution in [0.15, 0.2) is 54.6 Å². The molecule has 2 rings (SSSR count). The van der Waals surface area contributed by atoms with Gasteiger partial charge in [-0.1, -0.05) is 43.7 Å². The van der Waals surface area contributed by atoms with Crippen LogP contribution >= 0.6 is 0 Å². The van der Waals surface area contributed by atoms with E-state index in [1.54, 1.807) is 4.90 Å². The average Bonchev–Trinajstić information content (AvgIpc) is 2.53. The summed E-state index contributed by atoms with van der Waals surface area (Å²) < 4.78 is 5.81. The van der Waals surface area contributed by atoms with Gasteiger partial charge in [0.25, 0.3) is 0 Å². The van der Waals surface area contributed by atoms with Crippen LogP contribution in [-0.4, -0.2) is 13.6 Å². The number of rotatable bonds is 8. The Bertz CT molecular complexity index is 507. The van der Waals surface area contributed by atoms with Crippen molar-refractivity contribution in [3.8, 4) is 5.75 Å². The highest BCUT2D eigenvalue weighted by molar-refractivity contribution is 5.27. The fraction of sp³-hybridized carbons (Fsp3) is 0.368. The lowest BCUT2D eigenvalue weighted by atomic mass is 10.2. The number of hydrogen-bond acceptors (Lipinski definition) is 1. The van der Waals surface area contributed by atoms with E-state index in [0.29, 0.717) is 6.61 Å². The van der Waals surface area contributed by atoms with Crippen LogP contribution in [0.2, 0.25) is 0 Å². The zero-order valence-electron chi connectivity index (χ0n) is 13.1. The van der Waals surface area contributed by atoms with Gasteiger partial charge in [0.15, 0.2) is 0 Å². The van der Waals surface area contributed by atoms with Gasteiger partial charge in [0.2, 0.25) is 0 Å². The Morgan fingerprint density at radius 1 is 0.905 bits per heavy atom. The van der Waals surface area contributed by atoms with E-state index >= 15 is 0 Å². The molecule has 2 heteroatoms. The number of quaternary nitrogens is 1. The SMILES string of the molecule is CCCC[NH+](C)Cc1ccc(OCc2ccccc2)cc1. The first-order chi connectivity index (χ1) is 10.3. The van der Waals surface area contributed by atoms with Crippen LogP contribution in [-0.2, 0) is 13.2 Å². The molecule has 0 radical (unpaired) electrons. The molecule has 112 valence electrons. The van der Waals surface area contributed by atoms with Crippen LogP contribution in [0.4, 0.5) is 0 Å². The molecule has 0 fully saturated rings. The minimum absolute atomic E-state index is 0.627. The zero-order chi connectivity index (χ0) is 14.9. The largest absolute Gasteiger partial charge is 0.489 e. The van der Waals surface area contributed by atoms with Gasteiger partial charge in [-0.3, -0.25) is 0 Å². The minimum atomic E-state index is 0.627. The van der Waals surface area contributed by atoms with Gasteiger partial charge < -0.3 is 9.64 Å². The van der Waals surface area contributed by atoms with Crippen molar-refractivity contribution in [2.75, 3.05) is 13.6 Å². The molecule has 0 saturated heterocycles. The van der Waals surface area contributed by atoms with Crippen LogP contribution < -0.4 is 9.64 Å². The van der Waals surface area contributed by atoms with Crippen LogP contribution in [0.5, 0.6) is 5.75 Å². The fourth-order valence-corrected chi connectivity index (χ4v) is 2.36. The lowest BCUT2D eigenvalue weighted by Crippen LogP contribution is -3.07. The first-order valence-electron chi connectivity index (χ1n) is 7.85. The lowest BCUT2D eigenvalue weighted by Gasteiger charge is -2.14. The third-order valence-electron chi connectivity index (χ3n) is 3.63. The molecule has 0 heterocycles. The van der Waals surface area contributed by atoms with Crippen molar-refractivity contribution in [1.82, 2.24) is 0 Å². The summed E-state index contributed by atoms with van der Waals surface area (Å²) in [6.45, 7) is 5.19. The number of nitrogens with one attached hydrogen (secondary N) is 1. The molecule has 2 aromatic carbocycles. The van der Waals surface area contributed by atoms with Gasteiger partial charge >= 0.3 is 0 Å². The monoisotopic (exact) mass is 284 g/mol. The molecule has 0 aliphatic carbocycles. The molecular formula is C19H26NO+. The van der Waals surface area contributed by atoms with E-state index in [1.165, 1.54) is 30.5 Å². The predicted molar refractivity (Wildman–Crippen MR) is 87.6 cm³/mol. The second kappa shape index (κ2) is 8.48. The summed E-state index contributed by atoms with van der Waals surface area (Å²) in [6, 6.07) is 18.8. The maximum absolute atomic E-state index is 5.81. The number of ether oxygens (including phenoxy) is 1. The second-order valence-electron chi connectivity index (χ2n) is 5.66. The van der Waals surface area contributed by atoms with Crippen molar-refractivity contribution >= 4 is 0 Å². The molecule has 0 aromatic heterocycles. The van der Waals surface area contributed by atoms with Crippen molar-refractivity contribution < 1.29 is 9.64 Å². The molecule has 1 atom stereocenters. The van der Waals surface area contributed by atoms with E-state index in [1.807, 2.05) is 18.2 Å². The van der Waals surface area contributed by atoms with Crippen LogP contribution in [0.1, 0.15) is 30.9 Å². The van der Waals surface area contributed by atoms with Crippen molar-refractivity contribution in [3.05, 3.63) is 65.7 Å². The molecule has 1 unspecified atom stereocenters. The Morgan fingerprint density at radius 3 is 2.29 bits per heavy atom. The molecule has 0 spiro atoms. The van der Waals surface area contributed by atoms with Gasteiger partial charge in [0.1, 0.15) is 18.9 Å². The Labute approximate surface area is 128 Å². The third-order valence-corrected chi connectivity index (χ3v) is 3.63. The third kappa shape index (κ3) is 5.60. The summed E-state index contributed by atoms with van der Waals surface area (Å²) in [5.74, 6) is 0.939.